The van der Waals surface area contributed by atoms with Crippen LogP contribution in [0.1, 0.15) is 60.9 Å². The van der Waals surface area contributed by atoms with E-state index in [1.807, 2.05) is 50.8 Å². The number of aromatic nitrogens is 2. The summed E-state index contributed by atoms with van der Waals surface area (Å²) in [6.45, 7) is 11.1. The molecule has 6 heteroatoms. The van der Waals surface area contributed by atoms with Crippen LogP contribution in [0.3, 0.4) is 0 Å². The lowest BCUT2D eigenvalue weighted by molar-refractivity contribution is 0.0687. The Kier molecular flexibility index (Phi) is 5.72. The van der Waals surface area contributed by atoms with Gasteiger partial charge in [-0.3, -0.25) is 9.89 Å². The zero-order valence-electron chi connectivity index (χ0n) is 18.7. The number of amides is 1. The number of carbonyl (C=O) groups excluding carboxylic acids is 1. The molecule has 1 amide bonds. The molecule has 0 fully saturated rings. The summed E-state index contributed by atoms with van der Waals surface area (Å²) in [4.78, 5) is 15.2. The molecule has 2 aromatic carbocycles. The molecule has 6 nitrogen and oxygen atoms in total. The fourth-order valence-electron chi connectivity index (χ4n) is 4.19. The molecule has 1 unspecified atom stereocenters. The van der Waals surface area contributed by atoms with E-state index in [1.165, 1.54) is 5.56 Å². The van der Waals surface area contributed by atoms with Crippen molar-refractivity contribution in [3.8, 4) is 22.8 Å². The lowest BCUT2D eigenvalue weighted by Gasteiger charge is -2.30. The maximum atomic E-state index is 13.3. The average molecular weight is 420 g/mol. The van der Waals surface area contributed by atoms with Crippen molar-refractivity contribution in [3.05, 3.63) is 64.8 Å². The Bertz CT molecular complexity index is 1090. The van der Waals surface area contributed by atoms with E-state index in [-0.39, 0.29) is 18.0 Å². The van der Waals surface area contributed by atoms with Crippen LogP contribution in [0.25, 0.3) is 11.3 Å². The normalized spacial score (nSPS) is 15.5. The van der Waals surface area contributed by atoms with Crippen LogP contribution >= 0.6 is 0 Å². The Labute approximate surface area is 183 Å². The lowest BCUT2D eigenvalue weighted by atomic mass is 9.95. The van der Waals surface area contributed by atoms with Gasteiger partial charge in [-0.05, 0) is 52.3 Å². The van der Waals surface area contributed by atoms with Crippen LogP contribution in [0, 0.1) is 6.92 Å². The lowest BCUT2D eigenvalue weighted by Crippen LogP contribution is -2.35. The largest absolute Gasteiger partial charge is 0.490 e. The van der Waals surface area contributed by atoms with Crippen molar-refractivity contribution in [2.45, 2.75) is 46.7 Å². The van der Waals surface area contributed by atoms with Gasteiger partial charge in [-0.1, -0.05) is 35.9 Å². The first-order valence-electron chi connectivity index (χ1n) is 10.8. The highest BCUT2D eigenvalue weighted by Crippen LogP contribution is 2.45. The molecule has 3 aromatic rings. The summed E-state index contributed by atoms with van der Waals surface area (Å²) in [6.07, 6.45) is 0. The number of fused-ring (bicyclic) bond motifs is 1. The molecule has 0 saturated carbocycles. The van der Waals surface area contributed by atoms with Gasteiger partial charge >= 0.3 is 0 Å². The third kappa shape index (κ3) is 3.67. The second-order valence-electron chi connectivity index (χ2n) is 8.01. The van der Waals surface area contributed by atoms with Crippen LogP contribution in [0.15, 0.2) is 42.5 Å². The molecule has 1 N–H and O–H groups in total. The smallest absolute Gasteiger partial charge is 0.273 e. The van der Waals surface area contributed by atoms with E-state index in [2.05, 4.69) is 41.4 Å². The van der Waals surface area contributed by atoms with Crippen LogP contribution in [-0.2, 0) is 0 Å². The Morgan fingerprint density at radius 3 is 2.35 bits per heavy atom. The molecule has 1 aromatic heterocycles. The molecule has 31 heavy (non-hydrogen) atoms. The van der Waals surface area contributed by atoms with Gasteiger partial charge in [0.25, 0.3) is 5.91 Å². The highest BCUT2D eigenvalue weighted by molar-refractivity contribution is 6.00. The Hall–Kier alpha value is -3.28. The average Bonchev–Trinajstić information content (AvgIpc) is 3.29. The standard InChI is InChI=1S/C25H29N3O3/c1-6-30-19-13-12-18(14-20(19)31-7-2)24-21-22(17-10-8-16(5)9-11-17)26-27-23(21)25(29)28(24)15(3)4/h8-15,24H,6-7H2,1-5H3,(H,26,27). The van der Waals surface area contributed by atoms with Crippen molar-refractivity contribution in [2.24, 2.45) is 0 Å². The summed E-state index contributed by atoms with van der Waals surface area (Å²) in [5, 5.41) is 7.54. The number of benzene rings is 2. The Morgan fingerprint density at radius 2 is 1.71 bits per heavy atom. The van der Waals surface area contributed by atoms with Gasteiger partial charge in [0, 0.05) is 17.2 Å². The number of aromatic amines is 1. The van der Waals surface area contributed by atoms with E-state index in [9.17, 15) is 4.79 Å². The minimum Gasteiger partial charge on any atom is -0.490 e. The maximum absolute atomic E-state index is 13.3. The molecule has 4 rings (SSSR count). The number of ether oxygens (including phenoxy) is 2. The number of hydrogen-bond donors (Lipinski definition) is 1. The molecule has 162 valence electrons. The zero-order chi connectivity index (χ0) is 22.1. The van der Waals surface area contributed by atoms with Gasteiger partial charge in [-0.15, -0.1) is 0 Å². The number of nitrogens with zero attached hydrogens (tertiary/aromatic N) is 2. The predicted molar refractivity (Wildman–Crippen MR) is 121 cm³/mol. The molecular weight excluding hydrogens is 390 g/mol. The van der Waals surface area contributed by atoms with Crippen molar-refractivity contribution in [2.75, 3.05) is 13.2 Å². The molecule has 1 aliphatic heterocycles. The van der Waals surface area contributed by atoms with Gasteiger partial charge in [-0.25, -0.2) is 0 Å². The number of rotatable bonds is 7. The Balaban J connectivity index is 1.87. The molecular formula is C25H29N3O3. The van der Waals surface area contributed by atoms with Crippen molar-refractivity contribution in [3.63, 3.8) is 0 Å². The van der Waals surface area contributed by atoms with Crippen molar-refractivity contribution >= 4 is 5.91 Å². The van der Waals surface area contributed by atoms with Gasteiger partial charge in [-0.2, -0.15) is 5.10 Å². The van der Waals surface area contributed by atoms with Gasteiger partial charge < -0.3 is 14.4 Å². The second kappa shape index (κ2) is 8.46. The van der Waals surface area contributed by atoms with E-state index in [0.717, 1.165) is 22.4 Å². The third-order valence-corrected chi connectivity index (χ3v) is 5.57. The quantitative estimate of drug-likeness (QED) is 0.576. The predicted octanol–water partition coefficient (Wildman–Crippen LogP) is 5.14. The first-order chi connectivity index (χ1) is 15.0. The van der Waals surface area contributed by atoms with Crippen LogP contribution in [0.4, 0.5) is 0 Å². The van der Waals surface area contributed by atoms with E-state index < -0.39 is 0 Å². The van der Waals surface area contributed by atoms with E-state index in [4.69, 9.17) is 9.47 Å². The van der Waals surface area contributed by atoms with Gasteiger partial charge in [0.05, 0.1) is 24.9 Å². The van der Waals surface area contributed by atoms with Gasteiger partial charge in [0.2, 0.25) is 0 Å². The number of nitrogens with one attached hydrogen (secondary N) is 1. The van der Waals surface area contributed by atoms with Gasteiger partial charge in [0.1, 0.15) is 5.69 Å². The first-order valence-corrected chi connectivity index (χ1v) is 10.8. The number of H-pyrrole nitrogens is 1. The SMILES string of the molecule is CCOc1ccc(C2c3c(-c4ccc(C)cc4)n[nH]c3C(=O)N2C(C)C)cc1OCC. The Morgan fingerprint density at radius 1 is 1.03 bits per heavy atom. The maximum Gasteiger partial charge on any atom is 0.273 e. The molecule has 0 saturated heterocycles. The molecule has 0 radical (unpaired) electrons. The summed E-state index contributed by atoms with van der Waals surface area (Å²) >= 11 is 0. The van der Waals surface area contributed by atoms with E-state index >= 15 is 0 Å². The molecule has 1 aliphatic rings. The van der Waals surface area contributed by atoms with Crippen LogP contribution < -0.4 is 9.47 Å². The van der Waals surface area contributed by atoms with Crippen LogP contribution in [-0.4, -0.2) is 40.3 Å². The minimum absolute atomic E-state index is 0.0197. The highest BCUT2D eigenvalue weighted by Gasteiger charge is 2.43. The number of carbonyl (C=O) groups is 1. The van der Waals surface area contributed by atoms with Crippen molar-refractivity contribution in [1.82, 2.24) is 15.1 Å². The number of aryl methyl sites for hydroxylation is 1. The summed E-state index contributed by atoms with van der Waals surface area (Å²) in [7, 11) is 0. The zero-order valence-corrected chi connectivity index (χ0v) is 18.7. The fraction of sp³-hybridized carbons (Fsp3) is 0.360. The van der Waals surface area contributed by atoms with Crippen LogP contribution in [0.2, 0.25) is 0 Å². The number of hydrogen-bond acceptors (Lipinski definition) is 4. The molecule has 2 heterocycles. The topological polar surface area (TPSA) is 67.5 Å². The van der Waals surface area contributed by atoms with Gasteiger partial charge in [0.15, 0.2) is 11.5 Å². The van der Waals surface area contributed by atoms with Crippen molar-refractivity contribution in [1.29, 1.82) is 0 Å². The summed E-state index contributed by atoms with van der Waals surface area (Å²) in [6, 6.07) is 13.9. The molecule has 0 spiro atoms. The molecule has 0 bridgehead atoms. The highest BCUT2D eigenvalue weighted by atomic mass is 16.5. The second-order valence-corrected chi connectivity index (χ2v) is 8.01. The van der Waals surface area contributed by atoms with E-state index in [1.54, 1.807) is 0 Å². The minimum atomic E-state index is -0.257. The summed E-state index contributed by atoms with van der Waals surface area (Å²) < 4.78 is 11.6. The summed E-state index contributed by atoms with van der Waals surface area (Å²) in [5.74, 6) is 1.36. The fourth-order valence-corrected chi connectivity index (χ4v) is 4.19. The first kappa shape index (κ1) is 21.0. The molecule has 1 atom stereocenters. The molecule has 0 aliphatic carbocycles. The van der Waals surface area contributed by atoms with E-state index in [0.29, 0.717) is 30.4 Å². The summed E-state index contributed by atoms with van der Waals surface area (Å²) in [5.41, 5.74) is 5.42. The van der Waals surface area contributed by atoms with Crippen LogP contribution in [0.5, 0.6) is 11.5 Å². The third-order valence-electron chi connectivity index (χ3n) is 5.57. The van der Waals surface area contributed by atoms with Crippen molar-refractivity contribution < 1.29 is 14.3 Å². The monoisotopic (exact) mass is 419 g/mol.